The largest absolute Gasteiger partial charge is 0.338 e. The van der Waals surface area contributed by atoms with Crippen LogP contribution >= 0.6 is 0 Å². The molecule has 0 spiro atoms. The molecule has 1 aliphatic heterocycles. The molecule has 1 heterocycles. The molecule has 3 heteroatoms. The van der Waals surface area contributed by atoms with Gasteiger partial charge in [0, 0.05) is 25.2 Å². The van der Waals surface area contributed by atoms with Gasteiger partial charge in [0.25, 0.3) is 0 Å². The van der Waals surface area contributed by atoms with Gasteiger partial charge in [0.15, 0.2) is 0 Å². The number of hydrogen-bond acceptors (Lipinski definition) is 2. The molecule has 1 fully saturated rings. The average Bonchev–Trinajstić information content (AvgIpc) is 3.13. The van der Waals surface area contributed by atoms with Gasteiger partial charge in [-0.2, -0.15) is 0 Å². The first kappa shape index (κ1) is 17.2. The van der Waals surface area contributed by atoms with Crippen molar-refractivity contribution in [2.24, 2.45) is 5.92 Å². The van der Waals surface area contributed by atoms with E-state index in [1.54, 1.807) is 0 Å². The van der Waals surface area contributed by atoms with E-state index >= 15 is 0 Å². The highest BCUT2D eigenvalue weighted by Crippen LogP contribution is 2.22. The number of carbonyl (C=O) groups excluding carboxylic acids is 1. The van der Waals surface area contributed by atoms with Crippen LogP contribution < -0.4 is 0 Å². The number of rotatable bonds is 6. The number of amides is 1. The highest BCUT2D eigenvalue weighted by atomic mass is 16.2. The van der Waals surface area contributed by atoms with Crippen molar-refractivity contribution >= 4 is 5.91 Å². The van der Waals surface area contributed by atoms with E-state index in [4.69, 9.17) is 0 Å². The molecule has 24 heavy (non-hydrogen) atoms. The molecule has 0 N–H and O–H groups in total. The highest BCUT2D eigenvalue weighted by molar-refractivity contribution is 5.93. The lowest BCUT2D eigenvalue weighted by atomic mass is 9.97. The Morgan fingerprint density at radius 2 is 2.08 bits per heavy atom. The smallest absolute Gasteiger partial charge is 0.249 e. The fourth-order valence-corrected chi connectivity index (χ4v) is 3.99. The number of hydrogen-bond donors (Lipinski definition) is 0. The Morgan fingerprint density at radius 1 is 1.25 bits per heavy atom. The molecule has 0 aromatic heterocycles. The molecule has 3 nitrogen and oxygen atoms in total. The van der Waals surface area contributed by atoms with Gasteiger partial charge in [-0.1, -0.05) is 36.4 Å². The summed E-state index contributed by atoms with van der Waals surface area (Å²) < 4.78 is 0. The maximum atomic E-state index is 13.0. The molecule has 0 saturated carbocycles. The van der Waals surface area contributed by atoms with Crippen molar-refractivity contribution in [3.8, 4) is 0 Å². The van der Waals surface area contributed by atoms with Gasteiger partial charge in [0.05, 0.1) is 0 Å². The zero-order valence-corrected chi connectivity index (χ0v) is 14.9. The van der Waals surface area contributed by atoms with Crippen LogP contribution in [0.5, 0.6) is 0 Å². The van der Waals surface area contributed by atoms with Crippen LogP contribution in [0.25, 0.3) is 0 Å². The SMILES string of the molecule is CN1CCC[C@@H](CN(CCc2ccccc2)C(=O)C2=CCCC2)C1. The van der Waals surface area contributed by atoms with Crippen LogP contribution in [-0.2, 0) is 11.2 Å². The second-order valence-electron chi connectivity index (χ2n) is 7.38. The second kappa shape index (κ2) is 8.48. The van der Waals surface area contributed by atoms with Crippen molar-refractivity contribution < 1.29 is 4.79 Å². The van der Waals surface area contributed by atoms with Crippen molar-refractivity contribution in [1.29, 1.82) is 0 Å². The Labute approximate surface area is 146 Å². The number of piperidine rings is 1. The summed E-state index contributed by atoms with van der Waals surface area (Å²) in [6, 6.07) is 10.5. The topological polar surface area (TPSA) is 23.6 Å². The number of carbonyl (C=O) groups is 1. The molecule has 1 atom stereocenters. The van der Waals surface area contributed by atoms with Gasteiger partial charge in [-0.3, -0.25) is 4.79 Å². The van der Waals surface area contributed by atoms with Crippen LogP contribution in [0.2, 0.25) is 0 Å². The van der Waals surface area contributed by atoms with E-state index in [-0.39, 0.29) is 5.91 Å². The molecular formula is C21H30N2O. The average molecular weight is 326 g/mol. The summed E-state index contributed by atoms with van der Waals surface area (Å²) >= 11 is 0. The predicted octanol–water partition coefficient (Wildman–Crippen LogP) is 3.51. The maximum Gasteiger partial charge on any atom is 0.249 e. The van der Waals surface area contributed by atoms with Crippen LogP contribution in [0.1, 0.15) is 37.7 Å². The normalized spacial score (nSPS) is 21.5. The third-order valence-corrected chi connectivity index (χ3v) is 5.32. The summed E-state index contributed by atoms with van der Waals surface area (Å²) in [5, 5.41) is 0. The van der Waals surface area contributed by atoms with Gasteiger partial charge in [-0.05, 0) is 63.6 Å². The van der Waals surface area contributed by atoms with Crippen molar-refractivity contribution in [3.63, 3.8) is 0 Å². The minimum absolute atomic E-state index is 0.289. The molecule has 1 aromatic carbocycles. The van der Waals surface area contributed by atoms with E-state index in [1.165, 1.54) is 24.9 Å². The van der Waals surface area contributed by atoms with Crippen LogP contribution in [-0.4, -0.2) is 48.9 Å². The molecule has 1 amide bonds. The van der Waals surface area contributed by atoms with Crippen molar-refractivity contribution in [3.05, 3.63) is 47.5 Å². The summed E-state index contributed by atoms with van der Waals surface area (Å²) in [6.45, 7) is 4.06. The fraction of sp³-hybridized carbons (Fsp3) is 0.571. The molecule has 0 unspecified atom stereocenters. The number of allylic oxidation sites excluding steroid dienone is 1. The first-order valence-corrected chi connectivity index (χ1v) is 9.43. The molecule has 0 radical (unpaired) electrons. The van der Waals surface area contributed by atoms with E-state index in [0.717, 1.165) is 50.9 Å². The van der Waals surface area contributed by atoms with Crippen molar-refractivity contribution in [1.82, 2.24) is 9.80 Å². The first-order valence-electron chi connectivity index (χ1n) is 9.43. The molecule has 0 bridgehead atoms. The van der Waals surface area contributed by atoms with Gasteiger partial charge in [0.1, 0.15) is 0 Å². The standard InChI is InChI=1S/C21H30N2O/c1-22-14-7-10-19(16-22)17-23(21(24)20-11-5-6-12-20)15-13-18-8-3-2-4-9-18/h2-4,8-9,11,19H,5-7,10,12-17H2,1H3/t19-/m1/s1. The predicted molar refractivity (Wildman–Crippen MR) is 98.9 cm³/mol. The molecule has 130 valence electrons. The van der Waals surface area contributed by atoms with E-state index in [9.17, 15) is 4.79 Å². The Kier molecular flexibility index (Phi) is 6.08. The molecule has 1 aliphatic carbocycles. The van der Waals surface area contributed by atoms with Gasteiger partial charge in [-0.25, -0.2) is 0 Å². The summed E-state index contributed by atoms with van der Waals surface area (Å²) in [4.78, 5) is 17.5. The monoisotopic (exact) mass is 326 g/mol. The van der Waals surface area contributed by atoms with Crippen molar-refractivity contribution in [2.75, 3.05) is 33.2 Å². The Balaban J connectivity index is 1.64. The van der Waals surface area contributed by atoms with Gasteiger partial charge < -0.3 is 9.80 Å². The fourth-order valence-electron chi connectivity index (χ4n) is 3.99. The van der Waals surface area contributed by atoms with E-state index in [2.05, 4.69) is 47.2 Å². The van der Waals surface area contributed by atoms with Crippen LogP contribution in [0.4, 0.5) is 0 Å². The Morgan fingerprint density at radius 3 is 2.79 bits per heavy atom. The molecule has 2 aliphatic rings. The van der Waals surface area contributed by atoms with Gasteiger partial charge >= 0.3 is 0 Å². The molecule has 1 saturated heterocycles. The zero-order chi connectivity index (χ0) is 16.8. The molecule has 3 rings (SSSR count). The van der Waals surface area contributed by atoms with Crippen molar-refractivity contribution in [2.45, 2.75) is 38.5 Å². The van der Waals surface area contributed by atoms with E-state index in [0.29, 0.717) is 5.92 Å². The molecular weight excluding hydrogens is 296 g/mol. The number of benzene rings is 1. The second-order valence-corrected chi connectivity index (χ2v) is 7.38. The Bertz CT molecular complexity index is 566. The van der Waals surface area contributed by atoms with Crippen LogP contribution in [0.3, 0.4) is 0 Å². The van der Waals surface area contributed by atoms with Gasteiger partial charge in [-0.15, -0.1) is 0 Å². The summed E-state index contributed by atoms with van der Waals surface area (Å²) in [5.41, 5.74) is 2.36. The van der Waals surface area contributed by atoms with Gasteiger partial charge in [0.2, 0.25) is 5.91 Å². The third kappa shape index (κ3) is 4.70. The van der Waals surface area contributed by atoms with E-state index in [1.807, 2.05) is 6.07 Å². The quantitative estimate of drug-likeness (QED) is 0.799. The van der Waals surface area contributed by atoms with Crippen LogP contribution in [0, 0.1) is 5.92 Å². The molecule has 1 aromatic rings. The minimum Gasteiger partial charge on any atom is -0.338 e. The highest BCUT2D eigenvalue weighted by Gasteiger charge is 2.25. The number of nitrogens with zero attached hydrogens (tertiary/aromatic N) is 2. The Hall–Kier alpha value is -1.61. The van der Waals surface area contributed by atoms with Crippen LogP contribution in [0.15, 0.2) is 42.0 Å². The minimum atomic E-state index is 0.289. The maximum absolute atomic E-state index is 13.0. The first-order chi connectivity index (χ1) is 11.7. The van der Waals surface area contributed by atoms with E-state index < -0.39 is 0 Å². The lowest BCUT2D eigenvalue weighted by Gasteiger charge is -2.34. The third-order valence-electron chi connectivity index (χ3n) is 5.32. The summed E-state index contributed by atoms with van der Waals surface area (Å²) in [7, 11) is 2.20. The zero-order valence-electron chi connectivity index (χ0n) is 14.9. The number of likely N-dealkylation sites (tertiary alicyclic amines) is 1. The lowest BCUT2D eigenvalue weighted by molar-refractivity contribution is -0.128. The lowest BCUT2D eigenvalue weighted by Crippen LogP contribution is -2.42. The summed E-state index contributed by atoms with van der Waals surface area (Å²) in [5.74, 6) is 0.905. The summed E-state index contributed by atoms with van der Waals surface area (Å²) in [6.07, 6.45) is 8.78.